The Morgan fingerprint density at radius 2 is 1.71 bits per heavy atom. The van der Waals surface area contributed by atoms with Gasteiger partial charge in [-0.25, -0.2) is 0 Å². The molecule has 0 bridgehead atoms. The molecule has 14 heavy (non-hydrogen) atoms. The quantitative estimate of drug-likeness (QED) is 0.365. The molecule has 0 aromatic heterocycles. The molecule has 0 heteroatoms. The summed E-state index contributed by atoms with van der Waals surface area (Å²) >= 11 is 0. The number of allylic oxidation sites excluding steroid dienone is 4. The van der Waals surface area contributed by atoms with Gasteiger partial charge in [-0.05, 0) is 26.2 Å². The fourth-order valence-corrected chi connectivity index (χ4v) is 1.40. The Bertz CT molecular complexity index is 163. The predicted octanol–water partition coefficient (Wildman–Crippen LogP) is 5.26. The van der Waals surface area contributed by atoms with Crippen LogP contribution in [-0.4, -0.2) is 0 Å². The van der Waals surface area contributed by atoms with Crippen LogP contribution in [0.4, 0.5) is 0 Å². The van der Waals surface area contributed by atoms with Gasteiger partial charge in [0, 0.05) is 0 Å². The molecule has 82 valence electrons. The summed E-state index contributed by atoms with van der Waals surface area (Å²) in [7, 11) is 0. The van der Waals surface area contributed by atoms with Gasteiger partial charge in [-0.1, -0.05) is 63.3 Å². The molecule has 0 aliphatic heterocycles. The summed E-state index contributed by atoms with van der Waals surface area (Å²) in [5.41, 5.74) is 1.42. The van der Waals surface area contributed by atoms with E-state index >= 15 is 0 Å². The zero-order valence-electron chi connectivity index (χ0n) is 10.2. The minimum absolute atomic E-state index is 1.21. The Morgan fingerprint density at radius 1 is 0.929 bits per heavy atom. The van der Waals surface area contributed by atoms with Gasteiger partial charge in [-0.3, -0.25) is 0 Å². The van der Waals surface area contributed by atoms with E-state index in [-0.39, 0.29) is 0 Å². The SMILES string of the molecule is CCC/C=C(C)\C=C\CCCCCC. The van der Waals surface area contributed by atoms with Crippen molar-refractivity contribution in [3.63, 3.8) is 0 Å². The van der Waals surface area contributed by atoms with Gasteiger partial charge in [0.25, 0.3) is 0 Å². The maximum atomic E-state index is 2.32. The van der Waals surface area contributed by atoms with Crippen LogP contribution in [-0.2, 0) is 0 Å². The summed E-state index contributed by atoms with van der Waals surface area (Å²) in [6.45, 7) is 6.67. The standard InChI is InChI=1S/C14H26/c1-4-6-8-9-10-11-13-14(3)12-7-5-2/h11-13H,4-10H2,1-3H3/b13-11+,14-12-. The lowest BCUT2D eigenvalue weighted by Gasteiger charge is -1.95. The fourth-order valence-electron chi connectivity index (χ4n) is 1.40. The minimum atomic E-state index is 1.21. The second kappa shape index (κ2) is 10.6. The molecule has 0 saturated carbocycles. The van der Waals surface area contributed by atoms with Gasteiger partial charge in [-0.2, -0.15) is 0 Å². The molecule has 0 atom stereocenters. The van der Waals surface area contributed by atoms with Gasteiger partial charge in [0.1, 0.15) is 0 Å². The second-order valence-electron chi connectivity index (χ2n) is 3.99. The zero-order valence-corrected chi connectivity index (χ0v) is 10.2. The third-order valence-electron chi connectivity index (χ3n) is 2.36. The van der Waals surface area contributed by atoms with E-state index in [1.165, 1.54) is 50.5 Å². The van der Waals surface area contributed by atoms with E-state index in [0.29, 0.717) is 0 Å². The predicted molar refractivity (Wildman–Crippen MR) is 66.6 cm³/mol. The molecule has 0 heterocycles. The average Bonchev–Trinajstić information content (AvgIpc) is 2.20. The summed E-state index contributed by atoms with van der Waals surface area (Å²) in [4.78, 5) is 0. The van der Waals surface area contributed by atoms with Crippen LogP contribution in [0.1, 0.15) is 65.7 Å². The molecular weight excluding hydrogens is 168 g/mol. The van der Waals surface area contributed by atoms with Crippen molar-refractivity contribution in [3.05, 3.63) is 23.8 Å². The van der Waals surface area contributed by atoms with Crippen LogP contribution in [0, 0.1) is 0 Å². The molecule has 0 aromatic rings. The van der Waals surface area contributed by atoms with Crippen LogP contribution in [0.15, 0.2) is 23.8 Å². The molecule has 0 unspecified atom stereocenters. The van der Waals surface area contributed by atoms with Gasteiger partial charge in [-0.15, -0.1) is 0 Å². The summed E-state index contributed by atoms with van der Waals surface area (Å²) in [5, 5.41) is 0. The zero-order chi connectivity index (χ0) is 10.6. The Balaban J connectivity index is 3.41. The monoisotopic (exact) mass is 194 g/mol. The number of rotatable bonds is 8. The molecule has 0 rings (SSSR count). The van der Waals surface area contributed by atoms with Gasteiger partial charge in [0.05, 0.1) is 0 Å². The molecule has 0 aliphatic rings. The number of unbranched alkanes of at least 4 members (excludes halogenated alkanes) is 5. The fraction of sp³-hybridized carbons (Fsp3) is 0.714. The average molecular weight is 194 g/mol. The lowest BCUT2D eigenvalue weighted by atomic mass is 10.1. The first-order chi connectivity index (χ1) is 6.81. The maximum absolute atomic E-state index is 2.32. The van der Waals surface area contributed by atoms with E-state index in [4.69, 9.17) is 0 Å². The highest BCUT2D eigenvalue weighted by molar-refractivity contribution is 5.15. The smallest absolute Gasteiger partial charge is 0.0348 e. The summed E-state index contributed by atoms with van der Waals surface area (Å²) in [6, 6.07) is 0. The van der Waals surface area contributed by atoms with E-state index in [1.54, 1.807) is 0 Å². The molecule has 0 aliphatic carbocycles. The van der Waals surface area contributed by atoms with E-state index in [0.717, 1.165) is 0 Å². The Kier molecular flexibility index (Phi) is 10.2. The van der Waals surface area contributed by atoms with Crippen molar-refractivity contribution in [1.82, 2.24) is 0 Å². The van der Waals surface area contributed by atoms with E-state index in [2.05, 4.69) is 39.0 Å². The highest BCUT2D eigenvalue weighted by atomic mass is 13.9. The van der Waals surface area contributed by atoms with Crippen molar-refractivity contribution in [2.45, 2.75) is 65.7 Å². The Morgan fingerprint density at radius 3 is 2.36 bits per heavy atom. The lowest BCUT2D eigenvalue weighted by molar-refractivity contribution is 0.674. The van der Waals surface area contributed by atoms with Crippen LogP contribution in [0.3, 0.4) is 0 Å². The molecule has 0 spiro atoms. The van der Waals surface area contributed by atoms with Crippen LogP contribution in [0.5, 0.6) is 0 Å². The molecule has 0 aromatic carbocycles. The van der Waals surface area contributed by atoms with Crippen molar-refractivity contribution in [3.8, 4) is 0 Å². The van der Waals surface area contributed by atoms with Crippen LogP contribution in [0.2, 0.25) is 0 Å². The van der Waals surface area contributed by atoms with Crippen LogP contribution < -0.4 is 0 Å². The molecule has 0 nitrogen and oxygen atoms in total. The van der Waals surface area contributed by atoms with Gasteiger partial charge < -0.3 is 0 Å². The van der Waals surface area contributed by atoms with E-state index in [1.807, 2.05) is 0 Å². The molecule has 0 saturated heterocycles. The Labute approximate surface area is 90.1 Å². The summed E-state index contributed by atoms with van der Waals surface area (Å²) in [5.74, 6) is 0. The topological polar surface area (TPSA) is 0 Å². The first-order valence-electron chi connectivity index (χ1n) is 6.14. The Hall–Kier alpha value is -0.520. The van der Waals surface area contributed by atoms with Crippen molar-refractivity contribution >= 4 is 0 Å². The molecule has 0 radical (unpaired) electrons. The summed E-state index contributed by atoms with van der Waals surface area (Å²) < 4.78 is 0. The van der Waals surface area contributed by atoms with Crippen LogP contribution in [0.25, 0.3) is 0 Å². The normalized spacial score (nSPS) is 12.6. The van der Waals surface area contributed by atoms with Crippen molar-refractivity contribution in [2.75, 3.05) is 0 Å². The molecular formula is C14H26. The second-order valence-corrected chi connectivity index (χ2v) is 3.99. The molecule has 0 amide bonds. The maximum Gasteiger partial charge on any atom is -0.0348 e. The van der Waals surface area contributed by atoms with Crippen LogP contribution >= 0.6 is 0 Å². The highest BCUT2D eigenvalue weighted by Crippen LogP contribution is 2.05. The molecule has 0 fully saturated rings. The first kappa shape index (κ1) is 13.5. The first-order valence-corrected chi connectivity index (χ1v) is 6.14. The summed E-state index contributed by atoms with van der Waals surface area (Å²) in [6.07, 6.45) is 16.1. The van der Waals surface area contributed by atoms with Crippen molar-refractivity contribution in [1.29, 1.82) is 0 Å². The number of hydrogen-bond donors (Lipinski definition) is 0. The van der Waals surface area contributed by atoms with Gasteiger partial charge >= 0.3 is 0 Å². The van der Waals surface area contributed by atoms with Crippen molar-refractivity contribution < 1.29 is 0 Å². The van der Waals surface area contributed by atoms with E-state index < -0.39 is 0 Å². The third kappa shape index (κ3) is 9.57. The minimum Gasteiger partial charge on any atom is -0.0843 e. The van der Waals surface area contributed by atoms with Gasteiger partial charge in [0.2, 0.25) is 0 Å². The lowest BCUT2D eigenvalue weighted by Crippen LogP contribution is -1.74. The van der Waals surface area contributed by atoms with Crippen molar-refractivity contribution in [2.24, 2.45) is 0 Å². The largest absolute Gasteiger partial charge is 0.0843 e. The third-order valence-corrected chi connectivity index (χ3v) is 2.36. The number of hydrogen-bond acceptors (Lipinski definition) is 0. The highest BCUT2D eigenvalue weighted by Gasteiger charge is 1.85. The van der Waals surface area contributed by atoms with Gasteiger partial charge in [0.15, 0.2) is 0 Å². The van der Waals surface area contributed by atoms with E-state index in [9.17, 15) is 0 Å². The molecule has 0 N–H and O–H groups in total.